The Morgan fingerprint density at radius 3 is 2.08 bits per heavy atom. The summed E-state index contributed by atoms with van der Waals surface area (Å²) in [5.74, 6) is -1.51. The molecule has 1 nitrogen and oxygen atoms in total. The Balaban J connectivity index is 3.15. The molecule has 0 spiro atoms. The van der Waals surface area contributed by atoms with Gasteiger partial charge in [-0.3, -0.25) is 0 Å². The van der Waals surface area contributed by atoms with Gasteiger partial charge in [-0.25, -0.2) is 0 Å². The standard InChI is InChI=1S/C10H13F2N/c1-4-10(2,3)7-5-8(11)13-9(12)6-7/h5-6H,4H2,1-3H3. The van der Waals surface area contributed by atoms with Crippen LogP contribution in [-0.4, -0.2) is 4.98 Å². The van der Waals surface area contributed by atoms with E-state index in [4.69, 9.17) is 0 Å². The number of hydrogen-bond donors (Lipinski definition) is 0. The van der Waals surface area contributed by atoms with Gasteiger partial charge in [0, 0.05) is 0 Å². The molecule has 0 N–H and O–H groups in total. The van der Waals surface area contributed by atoms with Crippen LogP contribution in [0.15, 0.2) is 12.1 Å². The van der Waals surface area contributed by atoms with Crippen LogP contribution in [-0.2, 0) is 5.41 Å². The van der Waals surface area contributed by atoms with Crippen molar-refractivity contribution in [1.82, 2.24) is 4.98 Å². The van der Waals surface area contributed by atoms with Crippen molar-refractivity contribution in [3.05, 3.63) is 29.6 Å². The summed E-state index contributed by atoms with van der Waals surface area (Å²) >= 11 is 0. The molecule has 72 valence electrons. The molecule has 0 saturated carbocycles. The molecule has 0 aliphatic carbocycles. The van der Waals surface area contributed by atoms with Crippen molar-refractivity contribution < 1.29 is 8.78 Å². The van der Waals surface area contributed by atoms with Gasteiger partial charge in [0.1, 0.15) is 0 Å². The van der Waals surface area contributed by atoms with Crippen LogP contribution in [0.3, 0.4) is 0 Å². The Kier molecular flexibility index (Phi) is 2.64. The summed E-state index contributed by atoms with van der Waals surface area (Å²) in [7, 11) is 0. The van der Waals surface area contributed by atoms with Gasteiger partial charge in [0.25, 0.3) is 0 Å². The minimum absolute atomic E-state index is 0.204. The molecule has 0 saturated heterocycles. The number of aromatic nitrogens is 1. The van der Waals surface area contributed by atoms with E-state index < -0.39 is 11.9 Å². The Bertz CT molecular complexity index is 288. The van der Waals surface area contributed by atoms with Crippen LogP contribution in [0.5, 0.6) is 0 Å². The van der Waals surface area contributed by atoms with Crippen LogP contribution in [0.4, 0.5) is 8.78 Å². The smallest absolute Gasteiger partial charge is 0.191 e. The van der Waals surface area contributed by atoms with E-state index in [1.165, 1.54) is 12.1 Å². The van der Waals surface area contributed by atoms with E-state index in [0.29, 0.717) is 5.56 Å². The number of hydrogen-bond acceptors (Lipinski definition) is 1. The lowest BCUT2D eigenvalue weighted by atomic mass is 9.83. The molecule has 1 aromatic rings. The molecule has 0 aliphatic rings. The first-order valence-corrected chi connectivity index (χ1v) is 4.29. The van der Waals surface area contributed by atoms with Gasteiger partial charge in [0.05, 0.1) is 0 Å². The number of rotatable bonds is 2. The summed E-state index contributed by atoms with van der Waals surface area (Å²) in [6, 6.07) is 2.57. The summed E-state index contributed by atoms with van der Waals surface area (Å²) < 4.78 is 25.5. The van der Waals surface area contributed by atoms with Crippen LogP contribution in [0.1, 0.15) is 32.8 Å². The van der Waals surface area contributed by atoms with Gasteiger partial charge >= 0.3 is 0 Å². The molecule has 0 fully saturated rings. The van der Waals surface area contributed by atoms with Gasteiger partial charge < -0.3 is 0 Å². The van der Waals surface area contributed by atoms with Crippen LogP contribution in [0.25, 0.3) is 0 Å². The van der Waals surface area contributed by atoms with E-state index in [-0.39, 0.29) is 5.41 Å². The average Bonchev–Trinajstić information content (AvgIpc) is 2.02. The first-order chi connectivity index (χ1) is 5.95. The van der Waals surface area contributed by atoms with Crippen LogP contribution in [0, 0.1) is 11.9 Å². The van der Waals surface area contributed by atoms with Crippen molar-refractivity contribution in [2.24, 2.45) is 0 Å². The lowest BCUT2D eigenvalue weighted by Crippen LogP contribution is -2.16. The molecule has 0 radical (unpaired) electrons. The molecular formula is C10H13F2N. The number of nitrogens with zero attached hydrogens (tertiary/aromatic N) is 1. The summed E-state index contributed by atoms with van der Waals surface area (Å²) in [5, 5.41) is 0. The van der Waals surface area contributed by atoms with Gasteiger partial charge in [-0.1, -0.05) is 20.8 Å². The highest BCUT2D eigenvalue weighted by Crippen LogP contribution is 2.26. The lowest BCUT2D eigenvalue weighted by molar-refractivity contribution is 0.470. The molecule has 1 heterocycles. The third-order valence-electron chi connectivity index (χ3n) is 2.43. The zero-order chi connectivity index (χ0) is 10.1. The van der Waals surface area contributed by atoms with E-state index in [1.54, 1.807) is 0 Å². The van der Waals surface area contributed by atoms with Gasteiger partial charge in [-0.2, -0.15) is 13.8 Å². The second-order valence-electron chi connectivity index (χ2n) is 3.74. The fraction of sp³-hybridized carbons (Fsp3) is 0.500. The third kappa shape index (κ3) is 2.23. The molecule has 0 amide bonds. The third-order valence-corrected chi connectivity index (χ3v) is 2.43. The molecule has 1 rings (SSSR count). The molecule has 0 atom stereocenters. The normalized spacial score (nSPS) is 11.8. The highest BCUT2D eigenvalue weighted by molar-refractivity contribution is 5.21. The van der Waals surface area contributed by atoms with E-state index >= 15 is 0 Å². The van der Waals surface area contributed by atoms with Gasteiger partial charge in [0.15, 0.2) is 0 Å². The molecule has 13 heavy (non-hydrogen) atoms. The molecule has 0 unspecified atom stereocenters. The quantitative estimate of drug-likeness (QED) is 0.645. The Morgan fingerprint density at radius 1 is 1.23 bits per heavy atom. The summed E-state index contributed by atoms with van der Waals surface area (Å²) in [6.07, 6.45) is 0.829. The first kappa shape index (κ1) is 10.1. The highest BCUT2D eigenvalue weighted by atomic mass is 19.1. The monoisotopic (exact) mass is 185 g/mol. The van der Waals surface area contributed by atoms with Crippen molar-refractivity contribution in [3.63, 3.8) is 0 Å². The molecule has 0 aromatic carbocycles. The van der Waals surface area contributed by atoms with Crippen molar-refractivity contribution in [3.8, 4) is 0 Å². The minimum Gasteiger partial charge on any atom is -0.191 e. The topological polar surface area (TPSA) is 12.9 Å². The fourth-order valence-electron chi connectivity index (χ4n) is 1.06. The predicted molar refractivity (Wildman–Crippen MR) is 47.5 cm³/mol. The van der Waals surface area contributed by atoms with E-state index in [1.807, 2.05) is 20.8 Å². The highest BCUT2D eigenvalue weighted by Gasteiger charge is 2.19. The Morgan fingerprint density at radius 2 is 1.69 bits per heavy atom. The molecule has 0 bridgehead atoms. The fourth-order valence-corrected chi connectivity index (χ4v) is 1.06. The summed E-state index contributed by atoms with van der Waals surface area (Å²) in [4.78, 5) is 3.05. The maximum atomic E-state index is 12.7. The SMILES string of the molecule is CCC(C)(C)c1cc(F)nc(F)c1. The maximum Gasteiger partial charge on any atom is 0.215 e. The molecule has 1 aromatic heterocycles. The van der Waals surface area contributed by atoms with Crippen molar-refractivity contribution in [2.75, 3.05) is 0 Å². The van der Waals surface area contributed by atoms with E-state index in [0.717, 1.165) is 6.42 Å². The zero-order valence-corrected chi connectivity index (χ0v) is 8.06. The van der Waals surface area contributed by atoms with Gasteiger partial charge in [-0.05, 0) is 29.5 Å². The zero-order valence-electron chi connectivity index (χ0n) is 8.06. The van der Waals surface area contributed by atoms with E-state index in [9.17, 15) is 8.78 Å². The molecular weight excluding hydrogens is 172 g/mol. The summed E-state index contributed by atoms with van der Waals surface area (Å²) in [5.41, 5.74) is 0.449. The van der Waals surface area contributed by atoms with Crippen molar-refractivity contribution >= 4 is 0 Å². The van der Waals surface area contributed by atoms with Crippen LogP contribution < -0.4 is 0 Å². The lowest BCUT2D eigenvalue weighted by Gasteiger charge is -2.22. The second-order valence-corrected chi connectivity index (χ2v) is 3.74. The van der Waals surface area contributed by atoms with Crippen molar-refractivity contribution in [2.45, 2.75) is 32.6 Å². The molecule has 3 heteroatoms. The summed E-state index contributed by atoms with van der Waals surface area (Å²) in [6.45, 7) is 5.87. The average molecular weight is 185 g/mol. The Hall–Kier alpha value is -0.990. The number of pyridine rings is 1. The van der Waals surface area contributed by atoms with Crippen LogP contribution in [0.2, 0.25) is 0 Å². The second kappa shape index (κ2) is 3.40. The minimum atomic E-state index is -0.753. The predicted octanol–water partition coefficient (Wildman–Crippen LogP) is 3.05. The maximum absolute atomic E-state index is 12.7. The first-order valence-electron chi connectivity index (χ1n) is 4.29. The molecule has 0 aliphatic heterocycles. The van der Waals surface area contributed by atoms with E-state index in [2.05, 4.69) is 4.98 Å². The number of halogens is 2. The largest absolute Gasteiger partial charge is 0.215 e. The van der Waals surface area contributed by atoms with Crippen LogP contribution >= 0.6 is 0 Å². The van der Waals surface area contributed by atoms with Gasteiger partial charge in [-0.15, -0.1) is 0 Å². The Labute approximate surface area is 76.8 Å². The van der Waals surface area contributed by atoms with Crippen molar-refractivity contribution in [1.29, 1.82) is 0 Å². The van der Waals surface area contributed by atoms with Gasteiger partial charge in [0.2, 0.25) is 11.9 Å².